The first kappa shape index (κ1) is 16.4. The molecule has 1 heterocycles. The van der Waals surface area contributed by atoms with Gasteiger partial charge in [0.1, 0.15) is 5.56 Å². The van der Waals surface area contributed by atoms with E-state index in [9.17, 15) is 26.7 Å². The quantitative estimate of drug-likeness (QED) is 0.484. The fourth-order valence-corrected chi connectivity index (χ4v) is 1.46. The molecular formula is C10H7ClF5NO3. The topological polar surface area (TPSA) is 48.4 Å². The predicted octanol–water partition coefficient (Wildman–Crippen LogP) is 3.44. The first-order chi connectivity index (χ1) is 9.19. The molecule has 0 spiro atoms. The van der Waals surface area contributed by atoms with Gasteiger partial charge in [0.2, 0.25) is 5.88 Å². The van der Waals surface area contributed by atoms with Crippen LogP contribution in [0.2, 0.25) is 0 Å². The van der Waals surface area contributed by atoms with Crippen LogP contribution in [0.3, 0.4) is 0 Å². The maximum atomic E-state index is 12.8. The fourth-order valence-electron chi connectivity index (χ4n) is 1.33. The van der Waals surface area contributed by atoms with Crippen LogP contribution in [0.4, 0.5) is 22.0 Å². The summed E-state index contributed by atoms with van der Waals surface area (Å²) in [5.74, 6) is -3.18. The molecule has 0 aliphatic heterocycles. The normalized spacial score (nSPS) is 11.6. The first-order valence-corrected chi connectivity index (χ1v) is 5.45. The second kappa shape index (κ2) is 6.21. The Morgan fingerprint density at radius 1 is 1.45 bits per heavy atom. The lowest BCUT2D eigenvalue weighted by Crippen LogP contribution is -2.22. The lowest BCUT2D eigenvalue weighted by molar-refractivity contribution is -0.276. The zero-order chi connectivity index (χ0) is 15.5. The van der Waals surface area contributed by atoms with E-state index < -0.39 is 41.6 Å². The van der Waals surface area contributed by atoms with Crippen molar-refractivity contribution in [3.63, 3.8) is 0 Å². The van der Waals surface area contributed by atoms with Crippen LogP contribution in [0.25, 0.3) is 0 Å². The van der Waals surface area contributed by atoms with Gasteiger partial charge in [0.05, 0.1) is 18.7 Å². The van der Waals surface area contributed by atoms with Crippen molar-refractivity contribution in [2.45, 2.75) is 18.7 Å². The lowest BCUT2D eigenvalue weighted by Gasteiger charge is -2.15. The van der Waals surface area contributed by atoms with Crippen molar-refractivity contribution in [1.29, 1.82) is 0 Å². The highest BCUT2D eigenvalue weighted by molar-refractivity contribution is 6.16. The Morgan fingerprint density at radius 2 is 2.05 bits per heavy atom. The molecule has 0 radical (unpaired) electrons. The summed E-state index contributed by atoms with van der Waals surface area (Å²) in [7, 11) is 0.824. The second-order valence-corrected chi connectivity index (χ2v) is 3.62. The number of carbonyl (C=O) groups is 1. The molecule has 0 aliphatic carbocycles. The van der Waals surface area contributed by atoms with Crippen molar-refractivity contribution >= 4 is 17.6 Å². The van der Waals surface area contributed by atoms with Gasteiger partial charge in [-0.05, 0) is 6.07 Å². The van der Waals surface area contributed by atoms with Crippen LogP contribution < -0.4 is 4.74 Å². The van der Waals surface area contributed by atoms with Gasteiger partial charge in [0, 0.05) is 5.56 Å². The number of methoxy groups -OCH3 is 1. The zero-order valence-corrected chi connectivity index (χ0v) is 10.6. The molecule has 0 amide bonds. The molecule has 0 fully saturated rings. The molecule has 0 aromatic carbocycles. The number of rotatable bonds is 4. The first-order valence-electron chi connectivity index (χ1n) is 4.91. The molecule has 0 N–H and O–H groups in total. The van der Waals surface area contributed by atoms with Gasteiger partial charge in [-0.2, -0.15) is 0 Å². The van der Waals surface area contributed by atoms with Crippen LogP contribution in [0, 0.1) is 0 Å². The highest BCUT2D eigenvalue weighted by atomic mass is 35.5. The van der Waals surface area contributed by atoms with Crippen molar-refractivity contribution in [3.05, 3.63) is 22.9 Å². The third-order valence-electron chi connectivity index (χ3n) is 2.04. The molecule has 0 saturated heterocycles. The third kappa shape index (κ3) is 3.92. The summed E-state index contributed by atoms with van der Waals surface area (Å²) in [4.78, 5) is 14.6. The SMILES string of the molecule is COC(=O)c1c(C(F)F)cc(CCl)nc1OC(F)(F)F. The Kier molecular flexibility index (Phi) is 5.09. The van der Waals surface area contributed by atoms with Gasteiger partial charge in [-0.25, -0.2) is 18.6 Å². The predicted molar refractivity (Wildman–Crippen MR) is 56.8 cm³/mol. The van der Waals surface area contributed by atoms with E-state index in [1.807, 2.05) is 0 Å². The van der Waals surface area contributed by atoms with Gasteiger partial charge < -0.3 is 9.47 Å². The van der Waals surface area contributed by atoms with E-state index in [1.54, 1.807) is 0 Å². The summed E-state index contributed by atoms with van der Waals surface area (Å²) >= 11 is 5.35. The summed E-state index contributed by atoms with van der Waals surface area (Å²) in [5, 5.41) is 0. The van der Waals surface area contributed by atoms with Crippen molar-refractivity contribution in [1.82, 2.24) is 4.98 Å². The zero-order valence-electron chi connectivity index (χ0n) is 9.80. The van der Waals surface area contributed by atoms with Gasteiger partial charge in [0.25, 0.3) is 6.43 Å². The number of esters is 1. The minimum atomic E-state index is -5.21. The number of nitrogens with zero attached hydrogens (tertiary/aromatic N) is 1. The Balaban J connectivity index is 3.51. The van der Waals surface area contributed by atoms with E-state index in [0.717, 1.165) is 7.11 Å². The molecule has 4 nitrogen and oxygen atoms in total. The second-order valence-electron chi connectivity index (χ2n) is 3.36. The molecule has 0 unspecified atom stereocenters. The van der Waals surface area contributed by atoms with E-state index >= 15 is 0 Å². The van der Waals surface area contributed by atoms with Crippen LogP contribution in [0.1, 0.15) is 28.0 Å². The summed E-state index contributed by atoms with van der Waals surface area (Å²) in [5.41, 5.74) is -2.38. The summed E-state index contributed by atoms with van der Waals surface area (Å²) in [6, 6.07) is 0.715. The van der Waals surface area contributed by atoms with E-state index in [4.69, 9.17) is 11.6 Å². The smallest absolute Gasteiger partial charge is 0.465 e. The summed E-state index contributed by atoms with van der Waals surface area (Å²) in [6.07, 6.45) is -8.44. The van der Waals surface area contributed by atoms with Crippen molar-refractivity contribution < 1.29 is 36.2 Å². The molecule has 0 aliphatic rings. The maximum Gasteiger partial charge on any atom is 0.574 e. The molecule has 1 aromatic rings. The van der Waals surface area contributed by atoms with Gasteiger partial charge in [-0.3, -0.25) is 0 Å². The fraction of sp³-hybridized carbons (Fsp3) is 0.400. The summed E-state index contributed by atoms with van der Waals surface area (Å²) in [6.45, 7) is 0. The number of pyridine rings is 1. The highest BCUT2D eigenvalue weighted by Crippen LogP contribution is 2.33. The van der Waals surface area contributed by atoms with E-state index in [1.165, 1.54) is 0 Å². The Morgan fingerprint density at radius 3 is 2.45 bits per heavy atom. The molecule has 20 heavy (non-hydrogen) atoms. The van der Waals surface area contributed by atoms with Crippen LogP contribution in [-0.4, -0.2) is 24.4 Å². The number of carbonyl (C=O) groups excluding carboxylic acids is 1. The van der Waals surface area contributed by atoms with Crippen LogP contribution in [0.15, 0.2) is 6.07 Å². The average Bonchev–Trinajstić information content (AvgIpc) is 2.34. The lowest BCUT2D eigenvalue weighted by atomic mass is 10.1. The van der Waals surface area contributed by atoms with Crippen LogP contribution in [0.5, 0.6) is 5.88 Å². The monoisotopic (exact) mass is 319 g/mol. The van der Waals surface area contributed by atoms with Gasteiger partial charge in [0.15, 0.2) is 0 Å². The van der Waals surface area contributed by atoms with Crippen molar-refractivity contribution in [2.24, 2.45) is 0 Å². The molecule has 112 valence electrons. The molecular weight excluding hydrogens is 313 g/mol. The highest BCUT2D eigenvalue weighted by Gasteiger charge is 2.36. The van der Waals surface area contributed by atoms with E-state index in [2.05, 4.69) is 14.5 Å². The number of ether oxygens (including phenoxy) is 2. The standard InChI is InChI=1S/C10H7ClF5NO3/c1-19-9(18)6-5(7(12)13)2-4(3-11)17-8(6)20-10(14,15)16/h2,7H,3H2,1H3. The van der Waals surface area contributed by atoms with Gasteiger partial charge in [-0.1, -0.05) is 0 Å². The van der Waals surface area contributed by atoms with Crippen LogP contribution in [-0.2, 0) is 10.6 Å². The van der Waals surface area contributed by atoms with E-state index in [0.29, 0.717) is 6.07 Å². The molecule has 0 saturated carbocycles. The largest absolute Gasteiger partial charge is 0.574 e. The van der Waals surface area contributed by atoms with Crippen molar-refractivity contribution in [2.75, 3.05) is 7.11 Å². The minimum absolute atomic E-state index is 0.297. The number of alkyl halides is 6. The van der Waals surface area contributed by atoms with Gasteiger partial charge in [-0.15, -0.1) is 24.8 Å². The number of halogens is 6. The summed E-state index contributed by atoms with van der Waals surface area (Å²) < 4.78 is 70.0. The molecule has 0 bridgehead atoms. The molecule has 1 rings (SSSR count). The number of aromatic nitrogens is 1. The molecule has 0 atom stereocenters. The Labute approximate surface area is 114 Å². The minimum Gasteiger partial charge on any atom is -0.465 e. The average molecular weight is 320 g/mol. The molecule has 1 aromatic heterocycles. The van der Waals surface area contributed by atoms with E-state index in [-0.39, 0.29) is 5.69 Å². The van der Waals surface area contributed by atoms with Gasteiger partial charge >= 0.3 is 12.3 Å². The van der Waals surface area contributed by atoms with Crippen molar-refractivity contribution in [3.8, 4) is 5.88 Å². The number of hydrogen-bond donors (Lipinski definition) is 0. The molecule has 10 heteroatoms. The third-order valence-corrected chi connectivity index (χ3v) is 2.32. The Bertz CT molecular complexity index is 506. The maximum absolute atomic E-state index is 12.8. The van der Waals surface area contributed by atoms with Crippen LogP contribution >= 0.6 is 11.6 Å². The Hall–Kier alpha value is -1.64. The number of hydrogen-bond acceptors (Lipinski definition) is 4.